The van der Waals surface area contributed by atoms with Crippen molar-refractivity contribution in [3.63, 3.8) is 0 Å². The topological polar surface area (TPSA) is 94.0 Å². The molecule has 9 heteroatoms. The third-order valence-corrected chi connectivity index (χ3v) is 7.07. The van der Waals surface area contributed by atoms with Gasteiger partial charge in [0.15, 0.2) is 5.17 Å². The van der Waals surface area contributed by atoms with Gasteiger partial charge in [-0.2, -0.15) is 0 Å². The van der Waals surface area contributed by atoms with Crippen molar-refractivity contribution >= 4 is 45.5 Å². The van der Waals surface area contributed by atoms with Gasteiger partial charge in [-0.1, -0.05) is 17.8 Å². The number of ether oxygens (including phenoxy) is 1. The minimum absolute atomic E-state index is 0.205. The predicted molar refractivity (Wildman–Crippen MR) is 112 cm³/mol. The van der Waals surface area contributed by atoms with Crippen LogP contribution in [-0.4, -0.2) is 34.5 Å². The summed E-state index contributed by atoms with van der Waals surface area (Å²) < 4.78 is 5.95. The van der Waals surface area contributed by atoms with Gasteiger partial charge in [0.2, 0.25) is 5.69 Å². The van der Waals surface area contributed by atoms with Crippen LogP contribution in [0.4, 0.5) is 11.4 Å². The second-order valence-electron chi connectivity index (χ2n) is 6.91. The molecule has 1 saturated heterocycles. The van der Waals surface area contributed by atoms with Crippen molar-refractivity contribution in [3.05, 3.63) is 51.8 Å². The summed E-state index contributed by atoms with van der Waals surface area (Å²) >= 11 is 3.15. The summed E-state index contributed by atoms with van der Waals surface area (Å²) in [5.41, 5.74) is 6.93. The first-order chi connectivity index (χ1) is 13.5. The average molecular weight is 414 g/mol. The molecule has 2 aromatic rings. The van der Waals surface area contributed by atoms with Gasteiger partial charge in [-0.15, -0.1) is 11.3 Å². The van der Waals surface area contributed by atoms with Crippen LogP contribution in [0.1, 0.15) is 28.7 Å². The van der Waals surface area contributed by atoms with Gasteiger partial charge < -0.3 is 15.8 Å². The summed E-state index contributed by atoms with van der Waals surface area (Å²) in [7, 11) is 0. The third-order valence-electron chi connectivity index (χ3n) is 5.02. The van der Waals surface area contributed by atoms with Gasteiger partial charge in [-0.05, 0) is 25.5 Å². The molecule has 1 amide bonds. The number of anilines is 1. The summed E-state index contributed by atoms with van der Waals surface area (Å²) in [5, 5.41) is 5.35. The predicted octanol–water partition coefficient (Wildman–Crippen LogP) is 3.63. The first-order valence-electron chi connectivity index (χ1n) is 8.84. The number of hydrogen-bond acceptors (Lipinski definition) is 7. The number of fused-ring (bicyclic) bond motifs is 1. The lowest BCUT2D eigenvalue weighted by molar-refractivity contribution is -0.0453. The van der Waals surface area contributed by atoms with Gasteiger partial charge in [0.25, 0.3) is 5.91 Å². The highest BCUT2D eigenvalue weighted by Crippen LogP contribution is 2.48. The van der Waals surface area contributed by atoms with Gasteiger partial charge in [-0.25, -0.2) is 9.84 Å². The Hall–Kier alpha value is -2.41. The minimum Gasteiger partial charge on any atom is -0.379 e. The molecule has 2 aliphatic heterocycles. The molecule has 28 heavy (non-hydrogen) atoms. The molecule has 2 aliphatic rings. The van der Waals surface area contributed by atoms with Gasteiger partial charge in [0, 0.05) is 28.1 Å². The highest BCUT2D eigenvalue weighted by Gasteiger charge is 2.48. The van der Waals surface area contributed by atoms with Crippen LogP contribution in [0.3, 0.4) is 0 Å². The van der Waals surface area contributed by atoms with Crippen LogP contribution >= 0.6 is 23.1 Å². The molecule has 0 unspecified atom stereocenters. The number of aliphatic imine (C=N–C) groups is 1. The zero-order valence-corrected chi connectivity index (χ0v) is 16.8. The number of carbonyl (C=O) groups excluding carboxylic acids is 1. The molecule has 4 rings (SSSR count). The summed E-state index contributed by atoms with van der Waals surface area (Å²) in [6.07, 6.45) is 2.53. The van der Waals surface area contributed by atoms with Crippen LogP contribution in [0.25, 0.3) is 4.85 Å². The monoisotopic (exact) mass is 413 g/mol. The fraction of sp³-hybridized carbons (Fsp3) is 0.368. The number of amidine groups is 1. The number of nitrogens with two attached hydrogens (primary N) is 1. The number of thiophene rings is 1. The van der Waals surface area contributed by atoms with E-state index < -0.39 is 5.54 Å². The van der Waals surface area contributed by atoms with Crippen molar-refractivity contribution < 1.29 is 9.53 Å². The fourth-order valence-electron chi connectivity index (χ4n) is 3.53. The van der Waals surface area contributed by atoms with E-state index in [9.17, 15) is 4.79 Å². The summed E-state index contributed by atoms with van der Waals surface area (Å²) in [5.74, 6) is 0.948. The number of thioether (sulfide) groups is 1. The maximum Gasteiger partial charge on any atom is 0.274 e. The van der Waals surface area contributed by atoms with E-state index in [0.717, 1.165) is 17.1 Å². The average Bonchev–Trinajstić information content (AvgIpc) is 3.17. The first kappa shape index (κ1) is 18.9. The van der Waals surface area contributed by atoms with Gasteiger partial charge in [0.05, 0.1) is 25.0 Å². The second kappa shape index (κ2) is 7.54. The lowest BCUT2D eigenvalue weighted by Gasteiger charge is -2.44. The summed E-state index contributed by atoms with van der Waals surface area (Å²) in [4.78, 5) is 25.6. The zero-order valence-electron chi connectivity index (χ0n) is 15.2. The van der Waals surface area contributed by atoms with E-state index >= 15 is 0 Å². The number of rotatable bonds is 3. The highest BCUT2D eigenvalue weighted by molar-refractivity contribution is 8.13. The van der Waals surface area contributed by atoms with E-state index in [2.05, 4.69) is 22.1 Å². The van der Waals surface area contributed by atoms with E-state index in [-0.39, 0.29) is 17.7 Å². The SMILES string of the molecule is [C-]#[N+]c1ccc(C(=O)Nc2csc([C@]34CO[C@@H](C)C[C@H]3CSC(N)=N4)c2)nc1. The largest absolute Gasteiger partial charge is 0.379 e. The Balaban J connectivity index is 1.57. The molecule has 0 radical (unpaired) electrons. The van der Waals surface area contributed by atoms with Crippen LogP contribution in [0, 0.1) is 12.5 Å². The van der Waals surface area contributed by atoms with E-state index in [4.69, 9.17) is 22.0 Å². The Morgan fingerprint density at radius 3 is 3.11 bits per heavy atom. The number of pyridine rings is 1. The molecule has 0 aliphatic carbocycles. The maximum absolute atomic E-state index is 12.5. The smallest absolute Gasteiger partial charge is 0.274 e. The van der Waals surface area contributed by atoms with Crippen LogP contribution in [0.5, 0.6) is 0 Å². The van der Waals surface area contributed by atoms with Crippen molar-refractivity contribution in [2.24, 2.45) is 16.6 Å². The van der Waals surface area contributed by atoms with Gasteiger partial charge in [-0.3, -0.25) is 9.78 Å². The number of amides is 1. The standard InChI is InChI=1S/C19H19N5O2S2/c1-11-5-12-8-28-18(20)24-19(12,10-26-11)16-6-14(9-27-16)23-17(25)15-4-3-13(21-2)7-22-15/h3-4,6-7,9,11-12H,5,8,10H2,1H3,(H2,20,24)(H,23,25)/t11-,12-,19-/m0/s1. The molecule has 144 valence electrons. The van der Waals surface area contributed by atoms with Crippen LogP contribution in [-0.2, 0) is 10.3 Å². The lowest BCUT2D eigenvalue weighted by atomic mass is 9.79. The molecule has 0 spiro atoms. The van der Waals surface area contributed by atoms with E-state index in [1.807, 2.05) is 11.4 Å². The van der Waals surface area contributed by atoms with Crippen molar-refractivity contribution in [1.29, 1.82) is 0 Å². The van der Waals surface area contributed by atoms with Crippen LogP contribution < -0.4 is 11.1 Å². The highest BCUT2D eigenvalue weighted by atomic mass is 32.2. The number of nitrogens with one attached hydrogen (secondary N) is 1. The molecule has 7 nitrogen and oxygen atoms in total. The van der Waals surface area contributed by atoms with E-state index in [0.29, 0.717) is 29.1 Å². The quantitative estimate of drug-likeness (QED) is 0.750. The van der Waals surface area contributed by atoms with E-state index in [1.165, 1.54) is 6.20 Å². The molecule has 4 heterocycles. The van der Waals surface area contributed by atoms with Crippen LogP contribution in [0.2, 0.25) is 0 Å². The molecule has 1 fully saturated rings. The molecule has 0 aromatic carbocycles. The van der Waals surface area contributed by atoms with Crippen molar-refractivity contribution in [2.45, 2.75) is 25.0 Å². The number of nitrogens with zero attached hydrogens (tertiary/aromatic N) is 3. The number of aromatic nitrogens is 1. The van der Waals surface area contributed by atoms with Gasteiger partial charge in [0.1, 0.15) is 11.2 Å². The Morgan fingerprint density at radius 1 is 1.50 bits per heavy atom. The molecule has 3 N–H and O–H groups in total. The van der Waals surface area contributed by atoms with Crippen molar-refractivity contribution in [3.8, 4) is 0 Å². The Labute approximate surface area is 171 Å². The molecule has 2 aromatic heterocycles. The Bertz CT molecular complexity index is 965. The molecule has 3 atom stereocenters. The van der Waals surface area contributed by atoms with Crippen LogP contribution in [0.15, 0.2) is 34.8 Å². The van der Waals surface area contributed by atoms with Crippen molar-refractivity contribution in [1.82, 2.24) is 4.98 Å². The first-order valence-corrected chi connectivity index (χ1v) is 10.7. The third kappa shape index (κ3) is 3.51. The molecule has 0 saturated carbocycles. The molecular formula is C19H19N5O2S2. The summed E-state index contributed by atoms with van der Waals surface area (Å²) in [6, 6.07) is 5.08. The van der Waals surface area contributed by atoms with Crippen molar-refractivity contribution in [2.75, 3.05) is 17.7 Å². The molecule has 0 bridgehead atoms. The summed E-state index contributed by atoms with van der Waals surface area (Å²) in [6.45, 7) is 9.54. The van der Waals surface area contributed by atoms with Gasteiger partial charge >= 0.3 is 0 Å². The lowest BCUT2D eigenvalue weighted by Crippen LogP contribution is -2.49. The zero-order chi connectivity index (χ0) is 19.7. The molecular weight excluding hydrogens is 394 g/mol. The number of hydrogen-bond donors (Lipinski definition) is 2. The van der Waals surface area contributed by atoms with E-state index in [1.54, 1.807) is 35.2 Å². The maximum atomic E-state index is 12.5. The number of carbonyl (C=O) groups is 1. The Kier molecular flexibility index (Phi) is 5.10. The normalized spacial score (nSPS) is 26.6. The Morgan fingerprint density at radius 2 is 2.36 bits per heavy atom. The fourth-order valence-corrected chi connectivity index (χ4v) is 5.60. The second-order valence-corrected chi connectivity index (χ2v) is 8.86. The minimum atomic E-state index is -0.481.